The summed E-state index contributed by atoms with van der Waals surface area (Å²) in [4.78, 5) is 10.5. The molecule has 0 radical (unpaired) electrons. The van der Waals surface area contributed by atoms with Crippen molar-refractivity contribution in [3.05, 3.63) is 39.4 Å². The molecule has 86 valence electrons. The van der Waals surface area contributed by atoms with Gasteiger partial charge in [-0.25, -0.2) is 0 Å². The van der Waals surface area contributed by atoms with Gasteiger partial charge in [0.1, 0.15) is 0 Å². The van der Waals surface area contributed by atoms with Gasteiger partial charge in [0, 0.05) is 18.2 Å². The Balaban J connectivity index is 2.27. The normalized spacial score (nSPS) is 20.7. The van der Waals surface area contributed by atoms with Crippen LogP contribution in [-0.2, 0) is 4.74 Å². The quantitative estimate of drug-likeness (QED) is 0.609. The first-order valence-corrected chi connectivity index (χ1v) is 5.24. The van der Waals surface area contributed by atoms with E-state index in [1.807, 2.05) is 6.07 Å². The van der Waals surface area contributed by atoms with Crippen LogP contribution in [0, 0.1) is 17.0 Å². The summed E-state index contributed by atoms with van der Waals surface area (Å²) in [7, 11) is 0. The van der Waals surface area contributed by atoms with Gasteiger partial charge < -0.3 is 10.1 Å². The Morgan fingerprint density at radius 2 is 2.38 bits per heavy atom. The molecule has 0 aromatic heterocycles. The molecule has 1 atom stereocenters. The van der Waals surface area contributed by atoms with Gasteiger partial charge in [-0.05, 0) is 12.5 Å². The number of nitro benzene ring substituents is 1. The fourth-order valence-electron chi connectivity index (χ4n) is 1.82. The Morgan fingerprint density at radius 3 is 3.00 bits per heavy atom. The number of nitrogens with zero attached hydrogens (tertiary/aromatic N) is 1. The number of benzene rings is 1. The predicted molar refractivity (Wildman–Crippen MR) is 59.4 cm³/mol. The van der Waals surface area contributed by atoms with Gasteiger partial charge in [0.05, 0.1) is 24.2 Å². The molecule has 0 amide bonds. The Bertz CT molecular complexity index is 400. The summed E-state index contributed by atoms with van der Waals surface area (Å²) < 4.78 is 5.33. The van der Waals surface area contributed by atoms with Gasteiger partial charge in [-0.2, -0.15) is 0 Å². The van der Waals surface area contributed by atoms with Crippen molar-refractivity contribution in [2.45, 2.75) is 13.0 Å². The number of morpholine rings is 1. The van der Waals surface area contributed by atoms with E-state index in [4.69, 9.17) is 4.74 Å². The summed E-state index contributed by atoms with van der Waals surface area (Å²) in [5, 5.41) is 14.1. The van der Waals surface area contributed by atoms with E-state index in [0.717, 1.165) is 12.1 Å². The molecule has 1 aliphatic heterocycles. The van der Waals surface area contributed by atoms with Gasteiger partial charge in [-0.1, -0.05) is 12.1 Å². The zero-order valence-corrected chi connectivity index (χ0v) is 9.10. The van der Waals surface area contributed by atoms with Gasteiger partial charge in [0.2, 0.25) is 0 Å². The van der Waals surface area contributed by atoms with Crippen LogP contribution in [0.2, 0.25) is 0 Å². The first-order chi connectivity index (χ1) is 7.68. The summed E-state index contributed by atoms with van der Waals surface area (Å²) in [6.45, 7) is 3.80. The number of aryl methyl sites for hydroxylation is 1. The molecule has 0 unspecified atom stereocenters. The van der Waals surface area contributed by atoms with Crippen LogP contribution in [0.3, 0.4) is 0 Å². The highest BCUT2D eigenvalue weighted by molar-refractivity contribution is 5.43. The fourth-order valence-corrected chi connectivity index (χ4v) is 1.82. The smallest absolute Gasteiger partial charge is 0.272 e. The number of nitro groups is 1. The second-order valence-electron chi connectivity index (χ2n) is 3.88. The summed E-state index contributed by atoms with van der Waals surface area (Å²) in [6.07, 6.45) is 0. The lowest BCUT2D eigenvalue weighted by molar-refractivity contribution is -0.385. The SMILES string of the molecule is Cc1ccc([C@H]2COCCN2)cc1[N+](=O)[O-]. The molecular weight excluding hydrogens is 208 g/mol. The summed E-state index contributed by atoms with van der Waals surface area (Å²) in [6, 6.07) is 5.38. The van der Waals surface area contributed by atoms with Crippen LogP contribution in [0.1, 0.15) is 17.2 Å². The Hall–Kier alpha value is -1.46. The molecule has 5 nitrogen and oxygen atoms in total. The lowest BCUT2D eigenvalue weighted by atomic mass is 10.0. The van der Waals surface area contributed by atoms with Crippen molar-refractivity contribution < 1.29 is 9.66 Å². The number of hydrogen-bond acceptors (Lipinski definition) is 4. The molecule has 0 aliphatic carbocycles. The highest BCUT2D eigenvalue weighted by Crippen LogP contribution is 2.24. The third-order valence-corrected chi connectivity index (χ3v) is 2.75. The van der Waals surface area contributed by atoms with Gasteiger partial charge >= 0.3 is 0 Å². The summed E-state index contributed by atoms with van der Waals surface area (Å²) in [5.74, 6) is 0. The lowest BCUT2D eigenvalue weighted by Gasteiger charge is -2.24. The third-order valence-electron chi connectivity index (χ3n) is 2.75. The molecule has 1 fully saturated rings. The number of nitrogens with one attached hydrogen (secondary N) is 1. The average Bonchev–Trinajstić information content (AvgIpc) is 2.30. The van der Waals surface area contributed by atoms with Crippen molar-refractivity contribution >= 4 is 5.69 Å². The van der Waals surface area contributed by atoms with E-state index in [1.54, 1.807) is 19.1 Å². The number of rotatable bonds is 2. The Labute approximate surface area is 93.6 Å². The van der Waals surface area contributed by atoms with Crippen molar-refractivity contribution in [3.63, 3.8) is 0 Å². The van der Waals surface area contributed by atoms with Crippen LogP contribution in [0.4, 0.5) is 5.69 Å². The van der Waals surface area contributed by atoms with E-state index in [-0.39, 0.29) is 16.7 Å². The van der Waals surface area contributed by atoms with E-state index in [2.05, 4.69) is 5.32 Å². The first-order valence-electron chi connectivity index (χ1n) is 5.24. The van der Waals surface area contributed by atoms with Crippen LogP contribution < -0.4 is 5.32 Å². The standard InChI is InChI=1S/C11H14N2O3/c1-8-2-3-9(6-11(8)13(14)15)10-7-16-5-4-12-10/h2-3,6,10,12H,4-5,7H2,1H3/t10-/m1/s1. The molecule has 16 heavy (non-hydrogen) atoms. The van der Waals surface area contributed by atoms with Gasteiger partial charge in [0.15, 0.2) is 0 Å². The largest absolute Gasteiger partial charge is 0.378 e. The molecule has 1 N–H and O–H groups in total. The van der Waals surface area contributed by atoms with E-state index < -0.39 is 0 Å². The molecule has 1 aliphatic rings. The van der Waals surface area contributed by atoms with E-state index in [9.17, 15) is 10.1 Å². The minimum absolute atomic E-state index is 0.0630. The highest BCUT2D eigenvalue weighted by atomic mass is 16.6. The van der Waals surface area contributed by atoms with Crippen molar-refractivity contribution in [2.24, 2.45) is 0 Å². The molecule has 5 heteroatoms. The Morgan fingerprint density at radius 1 is 1.56 bits per heavy atom. The number of hydrogen-bond donors (Lipinski definition) is 1. The molecule has 0 saturated carbocycles. The number of ether oxygens (including phenoxy) is 1. The van der Waals surface area contributed by atoms with Crippen LogP contribution in [0.25, 0.3) is 0 Å². The topological polar surface area (TPSA) is 64.4 Å². The molecule has 1 aromatic rings. The van der Waals surface area contributed by atoms with Crippen molar-refractivity contribution in [2.75, 3.05) is 19.8 Å². The predicted octanol–water partition coefficient (Wildman–Crippen LogP) is 1.56. The Kier molecular flexibility index (Phi) is 3.17. The summed E-state index contributed by atoms with van der Waals surface area (Å²) in [5.41, 5.74) is 1.77. The first kappa shape index (κ1) is 11.0. The second kappa shape index (κ2) is 4.59. The maximum Gasteiger partial charge on any atom is 0.272 e. The summed E-state index contributed by atoms with van der Waals surface area (Å²) >= 11 is 0. The monoisotopic (exact) mass is 222 g/mol. The van der Waals surface area contributed by atoms with E-state index in [1.165, 1.54) is 0 Å². The van der Waals surface area contributed by atoms with Crippen LogP contribution in [-0.4, -0.2) is 24.7 Å². The van der Waals surface area contributed by atoms with Gasteiger partial charge in [-0.3, -0.25) is 10.1 Å². The van der Waals surface area contributed by atoms with Crippen molar-refractivity contribution in [1.29, 1.82) is 0 Å². The maximum atomic E-state index is 10.8. The average molecular weight is 222 g/mol. The molecule has 0 bridgehead atoms. The second-order valence-corrected chi connectivity index (χ2v) is 3.88. The zero-order valence-electron chi connectivity index (χ0n) is 9.10. The minimum atomic E-state index is -0.345. The van der Waals surface area contributed by atoms with Gasteiger partial charge in [0.25, 0.3) is 5.69 Å². The fraction of sp³-hybridized carbons (Fsp3) is 0.455. The zero-order chi connectivity index (χ0) is 11.5. The van der Waals surface area contributed by atoms with Crippen LogP contribution in [0.15, 0.2) is 18.2 Å². The van der Waals surface area contributed by atoms with Crippen LogP contribution in [0.5, 0.6) is 0 Å². The third kappa shape index (κ3) is 2.20. The molecule has 1 aromatic carbocycles. The van der Waals surface area contributed by atoms with E-state index >= 15 is 0 Å². The molecule has 1 saturated heterocycles. The maximum absolute atomic E-state index is 10.8. The lowest BCUT2D eigenvalue weighted by Crippen LogP contribution is -2.34. The van der Waals surface area contributed by atoms with Crippen molar-refractivity contribution in [1.82, 2.24) is 5.32 Å². The molecular formula is C11H14N2O3. The molecule has 2 rings (SSSR count). The van der Waals surface area contributed by atoms with Crippen LogP contribution >= 0.6 is 0 Å². The molecule has 0 spiro atoms. The van der Waals surface area contributed by atoms with E-state index in [0.29, 0.717) is 18.8 Å². The molecule has 1 heterocycles. The van der Waals surface area contributed by atoms with Gasteiger partial charge in [-0.15, -0.1) is 0 Å². The van der Waals surface area contributed by atoms with Crippen molar-refractivity contribution in [3.8, 4) is 0 Å². The minimum Gasteiger partial charge on any atom is -0.378 e. The highest BCUT2D eigenvalue weighted by Gasteiger charge is 2.19.